The topological polar surface area (TPSA) is 75.4 Å². The average molecular weight is 281 g/mol. The van der Waals surface area contributed by atoms with Crippen LogP contribution in [0.4, 0.5) is 0 Å². The van der Waals surface area contributed by atoms with Gasteiger partial charge >= 0.3 is 0 Å². The molecule has 0 aromatic heterocycles. The predicted octanol–water partition coefficient (Wildman–Crippen LogP) is 1.06. The smallest absolute Gasteiger partial charge is 0.274 e. The van der Waals surface area contributed by atoms with Crippen molar-refractivity contribution in [2.24, 2.45) is 5.14 Å². The highest BCUT2D eigenvalue weighted by atomic mass is 32.2. The zero-order valence-electron chi connectivity index (χ0n) is 10.7. The predicted molar refractivity (Wildman–Crippen MR) is 73.6 cm³/mol. The van der Waals surface area contributed by atoms with Gasteiger partial charge in [-0.25, -0.2) is 5.14 Å². The number of benzene rings is 1. The molecule has 19 heavy (non-hydrogen) atoms. The molecule has 0 radical (unpaired) electrons. The van der Waals surface area contributed by atoms with Crippen LogP contribution in [-0.2, 0) is 10.2 Å². The van der Waals surface area contributed by atoms with Crippen molar-refractivity contribution < 1.29 is 8.42 Å². The molecule has 3 rings (SSSR count). The molecular formula is C13H19N3O2S. The van der Waals surface area contributed by atoms with Crippen molar-refractivity contribution in [1.29, 1.82) is 0 Å². The van der Waals surface area contributed by atoms with Gasteiger partial charge in [0.15, 0.2) is 0 Å². The molecule has 0 saturated carbocycles. The molecule has 3 N–H and O–H groups in total. The van der Waals surface area contributed by atoms with E-state index in [0.29, 0.717) is 12.6 Å². The van der Waals surface area contributed by atoms with Crippen LogP contribution in [0.5, 0.6) is 0 Å². The molecule has 1 aromatic carbocycles. The van der Waals surface area contributed by atoms with Crippen LogP contribution in [-0.4, -0.2) is 26.4 Å². The zero-order valence-corrected chi connectivity index (χ0v) is 11.6. The highest BCUT2D eigenvalue weighted by Gasteiger charge is 2.35. The molecular weight excluding hydrogens is 262 g/mol. The normalized spacial score (nSPS) is 27.6. The Morgan fingerprint density at radius 2 is 1.95 bits per heavy atom. The Hall–Kier alpha value is -0.950. The lowest BCUT2D eigenvalue weighted by Gasteiger charge is -2.43. The first-order chi connectivity index (χ1) is 9.04. The zero-order chi connectivity index (χ0) is 13.5. The summed E-state index contributed by atoms with van der Waals surface area (Å²) in [5.74, 6) is 0. The van der Waals surface area contributed by atoms with Gasteiger partial charge in [0, 0.05) is 12.6 Å². The minimum absolute atomic E-state index is 0.236. The number of rotatable bonds is 2. The minimum atomic E-state index is -3.68. The molecule has 6 heteroatoms. The second kappa shape index (κ2) is 4.86. The summed E-state index contributed by atoms with van der Waals surface area (Å²) in [5.41, 5.74) is 2.31. The number of nitrogens with zero attached hydrogens (tertiary/aromatic N) is 1. The van der Waals surface area contributed by atoms with Gasteiger partial charge in [0.05, 0.1) is 6.04 Å². The van der Waals surface area contributed by atoms with Gasteiger partial charge in [-0.2, -0.15) is 13.1 Å². The van der Waals surface area contributed by atoms with E-state index in [4.69, 9.17) is 5.14 Å². The van der Waals surface area contributed by atoms with Gasteiger partial charge in [0.1, 0.15) is 0 Å². The molecule has 2 unspecified atom stereocenters. The van der Waals surface area contributed by atoms with Crippen LogP contribution in [0.1, 0.15) is 42.5 Å². The second-order valence-electron chi connectivity index (χ2n) is 5.35. The third kappa shape index (κ3) is 2.67. The summed E-state index contributed by atoms with van der Waals surface area (Å²) in [7, 11) is -3.68. The van der Waals surface area contributed by atoms with Crippen molar-refractivity contribution in [2.75, 3.05) is 13.1 Å². The first-order valence-corrected chi connectivity index (χ1v) is 8.22. The SMILES string of the molecule is NS(=O)(=O)NC1CN2CCCCC2c2ccccc21. The molecule has 2 atom stereocenters. The summed E-state index contributed by atoms with van der Waals surface area (Å²) in [6.45, 7) is 1.74. The van der Waals surface area contributed by atoms with E-state index in [0.717, 1.165) is 18.5 Å². The van der Waals surface area contributed by atoms with Gasteiger partial charge < -0.3 is 0 Å². The molecule has 0 bridgehead atoms. The standard InChI is InChI=1S/C13H19N3O2S/c14-19(17,18)15-12-9-16-8-4-3-7-13(16)11-6-2-1-5-10(11)12/h1-2,5-6,12-13,15H,3-4,7-9H2,(H2,14,17,18). The van der Waals surface area contributed by atoms with Gasteiger partial charge in [-0.3, -0.25) is 4.90 Å². The first kappa shape index (κ1) is 13.1. The summed E-state index contributed by atoms with van der Waals surface area (Å²) in [6.07, 6.45) is 3.57. The maximum absolute atomic E-state index is 11.3. The van der Waals surface area contributed by atoms with Crippen molar-refractivity contribution in [1.82, 2.24) is 9.62 Å². The van der Waals surface area contributed by atoms with Crippen LogP contribution in [0.3, 0.4) is 0 Å². The monoisotopic (exact) mass is 281 g/mol. The highest BCUT2D eigenvalue weighted by Crippen LogP contribution is 2.39. The van der Waals surface area contributed by atoms with Gasteiger partial charge in [0.2, 0.25) is 0 Å². The molecule has 104 valence electrons. The average Bonchev–Trinajstić information content (AvgIpc) is 2.37. The fraction of sp³-hybridized carbons (Fsp3) is 0.538. The van der Waals surface area contributed by atoms with E-state index in [9.17, 15) is 8.42 Å². The number of hydrogen-bond acceptors (Lipinski definition) is 3. The largest absolute Gasteiger partial charge is 0.294 e. The van der Waals surface area contributed by atoms with Crippen LogP contribution in [0, 0.1) is 0 Å². The van der Waals surface area contributed by atoms with Gasteiger partial charge in [-0.1, -0.05) is 30.7 Å². The van der Waals surface area contributed by atoms with Crippen molar-refractivity contribution in [3.63, 3.8) is 0 Å². The minimum Gasteiger partial charge on any atom is -0.294 e. The van der Waals surface area contributed by atoms with Crippen molar-refractivity contribution in [3.05, 3.63) is 35.4 Å². The highest BCUT2D eigenvalue weighted by molar-refractivity contribution is 7.87. The van der Waals surface area contributed by atoms with Crippen LogP contribution in [0.15, 0.2) is 24.3 Å². The molecule has 1 aromatic rings. The summed E-state index contributed by atoms with van der Waals surface area (Å²) >= 11 is 0. The van der Waals surface area contributed by atoms with Gasteiger partial charge in [-0.15, -0.1) is 0 Å². The fourth-order valence-corrected chi connectivity index (χ4v) is 3.92. The summed E-state index contributed by atoms with van der Waals surface area (Å²) in [6, 6.07) is 8.28. The third-order valence-electron chi connectivity index (χ3n) is 4.07. The molecule has 0 aliphatic carbocycles. The lowest BCUT2D eigenvalue weighted by molar-refractivity contribution is 0.122. The summed E-state index contributed by atoms with van der Waals surface area (Å²) in [5, 5.41) is 5.13. The molecule has 1 fully saturated rings. The van der Waals surface area contributed by atoms with Crippen LogP contribution in [0.2, 0.25) is 0 Å². The number of fused-ring (bicyclic) bond motifs is 3. The Kier molecular flexibility index (Phi) is 3.34. The van der Waals surface area contributed by atoms with Crippen molar-refractivity contribution >= 4 is 10.2 Å². The van der Waals surface area contributed by atoms with Crippen molar-refractivity contribution in [3.8, 4) is 0 Å². The van der Waals surface area contributed by atoms with Crippen LogP contribution < -0.4 is 9.86 Å². The molecule has 2 aliphatic heterocycles. The molecule has 5 nitrogen and oxygen atoms in total. The Morgan fingerprint density at radius 1 is 1.21 bits per heavy atom. The van der Waals surface area contributed by atoms with E-state index >= 15 is 0 Å². The van der Waals surface area contributed by atoms with E-state index in [2.05, 4.69) is 15.7 Å². The quantitative estimate of drug-likeness (QED) is 0.851. The number of nitrogens with two attached hydrogens (primary N) is 1. The summed E-state index contributed by atoms with van der Waals surface area (Å²) in [4.78, 5) is 2.37. The van der Waals surface area contributed by atoms with E-state index in [1.807, 2.05) is 18.2 Å². The Morgan fingerprint density at radius 3 is 2.68 bits per heavy atom. The molecule has 0 spiro atoms. The van der Waals surface area contributed by atoms with E-state index in [1.54, 1.807) is 0 Å². The Bertz CT molecular complexity index is 573. The molecule has 0 amide bonds. The Balaban J connectivity index is 1.98. The van der Waals surface area contributed by atoms with E-state index in [1.165, 1.54) is 18.4 Å². The molecule has 2 aliphatic rings. The molecule has 2 heterocycles. The number of hydrogen-bond donors (Lipinski definition) is 2. The van der Waals surface area contributed by atoms with Crippen LogP contribution >= 0.6 is 0 Å². The van der Waals surface area contributed by atoms with Crippen LogP contribution in [0.25, 0.3) is 0 Å². The first-order valence-electron chi connectivity index (χ1n) is 6.67. The maximum atomic E-state index is 11.3. The Labute approximate surface area is 114 Å². The van der Waals surface area contributed by atoms with E-state index in [-0.39, 0.29) is 6.04 Å². The third-order valence-corrected chi connectivity index (χ3v) is 4.68. The number of piperidine rings is 1. The second-order valence-corrected chi connectivity index (χ2v) is 6.68. The lowest BCUT2D eigenvalue weighted by Crippen LogP contribution is -2.47. The van der Waals surface area contributed by atoms with Gasteiger partial charge in [0.25, 0.3) is 10.2 Å². The summed E-state index contributed by atoms with van der Waals surface area (Å²) < 4.78 is 25.2. The lowest BCUT2D eigenvalue weighted by atomic mass is 9.85. The molecule has 1 saturated heterocycles. The van der Waals surface area contributed by atoms with Gasteiger partial charge in [-0.05, 0) is 30.5 Å². The number of nitrogens with one attached hydrogen (secondary N) is 1. The fourth-order valence-electron chi connectivity index (χ4n) is 3.33. The van der Waals surface area contributed by atoms with Crippen molar-refractivity contribution in [2.45, 2.75) is 31.3 Å². The van der Waals surface area contributed by atoms with E-state index < -0.39 is 10.2 Å². The maximum Gasteiger partial charge on any atom is 0.274 e.